The van der Waals surface area contributed by atoms with Crippen LogP contribution < -0.4 is 26.6 Å². The number of hydrogen-bond donors (Lipinski definition) is 4. The average molecular weight is 542 g/mol. The molecule has 2 aliphatic rings. The van der Waals surface area contributed by atoms with Crippen LogP contribution in [-0.2, 0) is 20.8 Å². The van der Waals surface area contributed by atoms with Gasteiger partial charge in [-0.3, -0.25) is 15.1 Å². The molecular weight excluding hydrogens is 505 g/mol. The van der Waals surface area contributed by atoms with E-state index < -0.39 is 24.1 Å². The summed E-state index contributed by atoms with van der Waals surface area (Å²) in [5.41, 5.74) is 13.3. The number of benzene rings is 2. The maximum absolute atomic E-state index is 15.0. The van der Waals surface area contributed by atoms with Gasteiger partial charge >= 0.3 is 6.09 Å². The number of anilines is 2. The molecule has 0 saturated carbocycles. The molecule has 2 atom stereocenters. The summed E-state index contributed by atoms with van der Waals surface area (Å²) < 4.78 is 25.9. The van der Waals surface area contributed by atoms with Crippen molar-refractivity contribution >= 4 is 29.3 Å². The Kier molecular flexibility index (Phi) is 9.55. The average Bonchev–Trinajstić information content (AvgIpc) is 3.30. The predicted molar refractivity (Wildman–Crippen MR) is 146 cm³/mol. The zero-order valence-electron chi connectivity index (χ0n) is 21.9. The van der Waals surface area contributed by atoms with E-state index in [9.17, 15) is 14.0 Å². The first-order valence-electron chi connectivity index (χ1n) is 13.1. The topological polar surface area (TPSA) is 150 Å². The number of rotatable bonds is 11. The fourth-order valence-electron chi connectivity index (χ4n) is 4.74. The molecule has 6 N–H and O–H groups in total. The van der Waals surface area contributed by atoms with Gasteiger partial charge in [0.1, 0.15) is 11.9 Å². The number of hydrogen-bond acceptors (Lipinski definition) is 7. The maximum atomic E-state index is 15.0. The molecule has 210 valence electrons. The largest absolute Gasteiger partial charge is 0.442 e. The van der Waals surface area contributed by atoms with Gasteiger partial charge in [-0.1, -0.05) is 30.3 Å². The van der Waals surface area contributed by atoms with Gasteiger partial charge in [0.05, 0.1) is 43.7 Å². The quantitative estimate of drug-likeness (QED) is 0.190. The second-order valence-corrected chi connectivity index (χ2v) is 9.65. The van der Waals surface area contributed by atoms with Crippen molar-refractivity contribution in [3.05, 3.63) is 59.9 Å². The molecule has 4 rings (SSSR count). The smallest absolute Gasteiger partial charge is 0.414 e. The van der Waals surface area contributed by atoms with Crippen LogP contribution in [0.15, 0.2) is 48.5 Å². The van der Waals surface area contributed by atoms with Gasteiger partial charge in [-0.25, -0.2) is 9.18 Å². The summed E-state index contributed by atoms with van der Waals surface area (Å²) >= 11 is 0. The zero-order valence-corrected chi connectivity index (χ0v) is 21.9. The first-order chi connectivity index (χ1) is 18.8. The summed E-state index contributed by atoms with van der Waals surface area (Å²) in [6.45, 7) is 3.34. The lowest BCUT2D eigenvalue weighted by Crippen LogP contribution is -2.47. The third kappa shape index (κ3) is 7.58. The highest BCUT2D eigenvalue weighted by atomic mass is 19.1. The van der Waals surface area contributed by atoms with Crippen molar-refractivity contribution in [2.45, 2.75) is 31.5 Å². The number of carbonyl (C=O) groups excluding carboxylic acids is 2. The Hall–Kier alpha value is -3.90. The van der Waals surface area contributed by atoms with Gasteiger partial charge in [-0.2, -0.15) is 0 Å². The number of nitrogens with two attached hydrogens (primary N) is 2. The van der Waals surface area contributed by atoms with E-state index in [2.05, 4.69) is 5.32 Å². The van der Waals surface area contributed by atoms with E-state index in [0.29, 0.717) is 63.6 Å². The van der Waals surface area contributed by atoms with Crippen molar-refractivity contribution in [2.75, 3.05) is 55.7 Å². The summed E-state index contributed by atoms with van der Waals surface area (Å²) in [5.74, 6) is -0.822. The molecule has 0 radical (unpaired) electrons. The summed E-state index contributed by atoms with van der Waals surface area (Å²) in [6, 6.07) is 13.4. The van der Waals surface area contributed by atoms with Crippen molar-refractivity contribution < 1.29 is 23.5 Å². The minimum atomic E-state index is -0.766. The van der Waals surface area contributed by atoms with Crippen LogP contribution in [0.25, 0.3) is 0 Å². The number of morpholine rings is 1. The zero-order chi connectivity index (χ0) is 27.8. The predicted octanol–water partition coefficient (Wildman–Crippen LogP) is 1.61. The standard InChI is InChI=1S/C27H36FN7O4/c28-22-15-20(8-9-24(22)33-11-13-38-14-12-33)35-18-21(39-27(35)37)17-34(16-19-5-2-1-3-6-19)25(36)23(29)7-4-10-32-26(30)31/h1-3,5-6,8-9,15,21,23H,4,7,10-14,16-18,29H2,(H4,30,31,32)/t21-,23+/m0/s1. The highest BCUT2D eigenvalue weighted by molar-refractivity contribution is 5.90. The molecule has 2 aromatic rings. The van der Waals surface area contributed by atoms with Crippen LogP contribution in [0.2, 0.25) is 0 Å². The van der Waals surface area contributed by atoms with Crippen molar-refractivity contribution in [1.82, 2.24) is 10.2 Å². The molecule has 12 heteroatoms. The molecule has 2 heterocycles. The van der Waals surface area contributed by atoms with Gasteiger partial charge < -0.3 is 36.1 Å². The minimum absolute atomic E-state index is 0.135. The van der Waals surface area contributed by atoms with Gasteiger partial charge in [-0.05, 0) is 36.6 Å². The Balaban J connectivity index is 1.42. The Morgan fingerprint density at radius 1 is 1.21 bits per heavy atom. The number of nitrogens with one attached hydrogen (secondary N) is 2. The van der Waals surface area contributed by atoms with Crippen LogP contribution >= 0.6 is 0 Å². The lowest BCUT2D eigenvalue weighted by Gasteiger charge is -2.29. The molecule has 39 heavy (non-hydrogen) atoms. The van der Waals surface area contributed by atoms with Crippen LogP contribution in [0.1, 0.15) is 18.4 Å². The summed E-state index contributed by atoms with van der Waals surface area (Å²) in [5, 5.41) is 9.94. The van der Waals surface area contributed by atoms with E-state index in [-0.39, 0.29) is 25.0 Å². The molecule has 2 fully saturated rings. The first kappa shape index (κ1) is 28.1. The molecular formula is C27H36FN7O4. The van der Waals surface area contributed by atoms with Crippen molar-refractivity contribution in [3.8, 4) is 0 Å². The van der Waals surface area contributed by atoms with Gasteiger partial charge in [0.25, 0.3) is 0 Å². The van der Waals surface area contributed by atoms with Crippen LogP contribution in [0.3, 0.4) is 0 Å². The fourth-order valence-corrected chi connectivity index (χ4v) is 4.74. The van der Waals surface area contributed by atoms with Gasteiger partial charge in [-0.15, -0.1) is 0 Å². The highest BCUT2D eigenvalue weighted by Gasteiger charge is 2.35. The second-order valence-electron chi connectivity index (χ2n) is 9.65. The highest BCUT2D eigenvalue weighted by Crippen LogP contribution is 2.29. The van der Waals surface area contributed by atoms with E-state index in [4.69, 9.17) is 26.4 Å². The van der Waals surface area contributed by atoms with Crippen LogP contribution in [0.4, 0.5) is 20.6 Å². The molecule has 0 bridgehead atoms. The van der Waals surface area contributed by atoms with E-state index in [1.807, 2.05) is 35.2 Å². The number of guanidine groups is 1. The minimum Gasteiger partial charge on any atom is -0.442 e. The molecule has 2 aromatic carbocycles. The Bertz CT molecular complexity index is 1150. The third-order valence-corrected chi connectivity index (χ3v) is 6.75. The van der Waals surface area contributed by atoms with Gasteiger partial charge in [0.2, 0.25) is 5.91 Å². The lowest BCUT2D eigenvalue weighted by molar-refractivity contribution is -0.134. The second kappa shape index (κ2) is 13.3. The summed E-state index contributed by atoms with van der Waals surface area (Å²) in [4.78, 5) is 31.0. The van der Waals surface area contributed by atoms with Crippen LogP contribution in [-0.4, -0.2) is 80.9 Å². The van der Waals surface area contributed by atoms with E-state index >= 15 is 0 Å². The molecule has 2 amide bonds. The number of amides is 2. The molecule has 0 spiro atoms. The molecule has 11 nitrogen and oxygen atoms in total. The number of halogens is 1. The van der Waals surface area contributed by atoms with Crippen molar-refractivity contribution in [1.29, 1.82) is 5.41 Å². The monoisotopic (exact) mass is 541 g/mol. The van der Waals surface area contributed by atoms with E-state index in [1.54, 1.807) is 17.0 Å². The number of ether oxygens (including phenoxy) is 2. The summed E-state index contributed by atoms with van der Waals surface area (Å²) in [7, 11) is 0. The first-order valence-corrected chi connectivity index (χ1v) is 13.1. The van der Waals surface area contributed by atoms with Gasteiger partial charge in [0.15, 0.2) is 5.96 Å². The number of nitrogens with zero attached hydrogens (tertiary/aromatic N) is 3. The Labute approximate surface area is 227 Å². The molecule has 0 aliphatic carbocycles. The van der Waals surface area contributed by atoms with Crippen LogP contribution in [0.5, 0.6) is 0 Å². The van der Waals surface area contributed by atoms with Crippen LogP contribution in [0, 0.1) is 11.2 Å². The SMILES string of the molecule is N=C(N)NCCC[C@@H](N)C(=O)N(Cc1ccccc1)C[C@H]1CN(c2ccc(N3CCOCC3)c(F)c2)C(=O)O1. The third-order valence-electron chi connectivity index (χ3n) is 6.75. The molecule has 2 aliphatic heterocycles. The maximum Gasteiger partial charge on any atom is 0.414 e. The number of cyclic esters (lactones) is 1. The number of carbonyl (C=O) groups is 2. The fraction of sp³-hybridized carbons (Fsp3) is 0.444. The van der Waals surface area contributed by atoms with Crippen molar-refractivity contribution in [3.63, 3.8) is 0 Å². The normalized spacial score (nSPS) is 18.0. The van der Waals surface area contributed by atoms with E-state index in [0.717, 1.165) is 5.56 Å². The lowest BCUT2D eigenvalue weighted by atomic mass is 10.1. The van der Waals surface area contributed by atoms with Gasteiger partial charge in [0, 0.05) is 26.2 Å². The molecule has 2 saturated heterocycles. The van der Waals surface area contributed by atoms with Crippen molar-refractivity contribution in [2.24, 2.45) is 11.5 Å². The molecule has 0 aromatic heterocycles. The summed E-state index contributed by atoms with van der Waals surface area (Å²) in [6.07, 6.45) is -0.247. The molecule has 0 unspecified atom stereocenters. The Morgan fingerprint density at radius 3 is 2.64 bits per heavy atom. The Morgan fingerprint density at radius 2 is 1.95 bits per heavy atom. The van der Waals surface area contributed by atoms with E-state index in [1.165, 1.54) is 11.0 Å².